The topological polar surface area (TPSA) is 34.1 Å². The second-order valence-corrected chi connectivity index (χ2v) is 6.60. The van der Waals surface area contributed by atoms with Gasteiger partial charge in [-0.3, -0.25) is 4.21 Å². The van der Waals surface area contributed by atoms with Gasteiger partial charge >= 0.3 is 0 Å². The molecular weight excluding hydrogens is 264 g/mol. The van der Waals surface area contributed by atoms with E-state index in [9.17, 15) is 8.42 Å². The largest absolute Gasteiger partial charge is 0.260 e. The molecule has 18 heavy (non-hydrogen) atoms. The molecule has 4 heteroatoms. The van der Waals surface area contributed by atoms with Crippen LogP contribution >= 0.6 is 0 Å². The molecule has 0 aliphatic heterocycles. The van der Waals surface area contributed by atoms with Crippen LogP contribution in [0, 0.1) is 0 Å². The quantitative estimate of drug-likeness (QED) is 0.847. The highest BCUT2D eigenvalue weighted by molar-refractivity contribution is 7.85. The van der Waals surface area contributed by atoms with Gasteiger partial charge in [-0.15, -0.1) is 0 Å². The van der Waals surface area contributed by atoms with E-state index in [0.717, 1.165) is 9.79 Å². The molecule has 0 radical (unpaired) electrons. The van der Waals surface area contributed by atoms with Crippen molar-refractivity contribution in [3.8, 4) is 0 Å². The summed E-state index contributed by atoms with van der Waals surface area (Å²) in [5.74, 6) is 0. The van der Waals surface area contributed by atoms with Crippen LogP contribution in [0.1, 0.15) is 0 Å². The Labute approximate surface area is 113 Å². The summed E-state index contributed by atoms with van der Waals surface area (Å²) < 4.78 is 21.5. The standard InChI is InChI=1S/C12H10OS.C2H6OS/c13-14(11-7-3-1-4-8-11)12-9-5-2-6-10-12;1-4(2)3/h1-10H;1-2H3. The fourth-order valence-corrected chi connectivity index (χ4v) is 2.31. The normalized spacial score (nSPS) is 10.0. The van der Waals surface area contributed by atoms with Crippen molar-refractivity contribution >= 4 is 21.6 Å². The molecule has 0 N–H and O–H groups in total. The molecule has 0 unspecified atom stereocenters. The fraction of sp³-hybridized carbons (Fsp3) is 0.143. The minimum atomic E-state index is -1.05. The summed E-state index contributed by atoms with van der Waals surface area (Å²) in [6, 6.07) is 19.0. The van der Waals surface area contributed by atoms with Crippen molar-refractivity contribution in [2.75, 3.05) is 12.5 Å². The Morgan fingerprint density at radius 1 is 0.667 bits per heavy atom. The molecule has 0 saturated heterocycles. The summed E-state index contributed by atoms with van der Waals surface area (Å²) in [4.78, 5) is 1.69. The molecule has 0 aliphatic carbocycles. The Balaban J connectivity index is 0.000000357. The molecule has 2 nitrogen and oxygen atoms in total. The van der Waals surface area contributed by atoms with Gasteiger partial charge in [-0.2, -0.15) is 0 Å². The van der Waals surface area contributed by atoms with Gasteiger partial charge < -0.3 is 0 Å². The second kappa shape index (κ2) is 7.95. The lowest BCUT2D eigenvalue weighted by Gasteiger charge is -2.00. The highest BCUT2D eigenvalue weighted by Crippen LogP contribution is 2.14. The predicted molar refractivity (Wildman–Crippen MR) is 77.5 cm³/mol. The molecule has 0 fully saturated rings. The summed E-state index contributed by atoms with van der Waals surface area (Å²) in [5, 5.41) is 0. The van der Waals surface area contributed by atoms with Crippen LogP contribution in [0.5, 0.6) is 0 Å². The van der Waals surface area contributed by atoms with Crippen molar-refractivity contribution < 1.29 is 8.42 Å². The first-order valence-corrected chi connectivity index (χ1v) is 8.50. The molecule has 0 amide bonds. The Kier molecular flexibility index (Phi) is 6.54. The maximum atomic E-state index is 12.0. The minimum absolute atomic E-state index is 0.611. The van der Waals surface area contributed by atoms with Gasteiger partial charge in [0.1, 0.15) is 0 Å². The molecule has 0 bridgehead atoms. The molecule has 0 aliphatic rings. The Bertz CT molecular complexity index is 464. The van der Waals surface area contributed by atoms with E-state index >= 15 is 0 Å². The summed E-state index contributed by atoms with van der Waals surface area (Å²) in [5.41, 5.74) is 0. The third-order valence-electron chi connectivity index (χ3n) is 1.91. The van der Waals surface area contributed by atoms with Gasteiger partial charge in [0, 0.05) is 33.1 Å². The number of hydrogen-bond donors (Lipinski definition) is 0. The third-order valence-corrected chi connectivity index (χ3v) is 3.32. The maximum absolute atomic E-state index is 12.0. The molecule has 2 aromatic rings. The summed E-state index contributed by atoms with van der Waals surface area (Å²) in [7, 11) is -1.66. The van der Waals surface area contributed by atoms with E-state index in [1.165, 1.54) is 0 Å². The van der Waals surface area contributed by atoms with Crippen molar-refractivity contribution in [2.24, 2.45) is 0 Å². The first-order valence-electron chi connectivity index (χ1n) is 5.38. The first-order chi connectivity index (χ1) is 8.61. The van der Waals surface area contributed by atoms with Crippen LogP contribution in [0.25, 0.3) is 0 Å². The van der Waals surface area contributed by atoms with Crippen LogP contribution in [0.15, 0.2) is 70.5 Å². The lowest BCUT2D eigenvalue weighted by atomic mass is 10.4. The zero-order valence-electron chi connectivity index (χ0n) is 10.4. The molecule has 0 atom stereocenters. The van der Waals surface area contributed by atoms with Gasteiger partial charge in [0.05, 0.1) is 10.8 Å². The van der Waals surface area contributed by atoms with Crippen LogP contribution in [0.2, 0.25) is 0 Å². The number of benzene rings is 2. The average Bonchev–Trinajstić information content (AvgIpc) is 2.39. The van der Waals surface area contributed by atoms with Crippen molar-refractivity contribution in [1.82, 2.24) is 0 Å². The molecule has 96 valence electrons. The molecule has 2 aromatic carbocycles. The fourth-order valence-electron chi connectivity index (χ4n) is 1.22. The van der Waals surface area contributed by atoms with E-state index in [1.54, 1.807) is 12.5 Å². The smallest absolute Gasteiger partial charge is 0.0849 e. The maximum Gasteiger partial charge on any atom is 0.0849 e. The number of hydrogen-bond acceptors (Lipinski definition) is 2. The van der Waals surface area contributed by atoms with Gasteiger partial charge in [-0.1, -0.05) is 36.4 Å². The van der Waals surface area contributed by atoms with Crippen LogP contribution in [-0.2, 0) is 21.6 Å². The van der Waals surface area contributed by atoms with E-state index in [4.69, 9.17) is 0 Å². The van der Waals surface area contributed by atoms with Crippen LogP contribution in [0.3, 0.4) is 0 Å². The van der Waals surface area contributed by atoms with E-state index in [-0.39, 0.29) is 0 Å². The Morgan fingerprint density at radius 2 is 0.944 bits per heavy atom. The van der Waals surface area contributed by atoms with E-state index in [1.807, 2.05) is 60.7 Å². The molecule has 0 heterocycles. The lowest BCUT2D eigenvalue weighted by molar-refractivity contribution is 0.683. The monoisotopic (exact) mass is 280 g/mol. The van der Waals surface area contributed by atoms with Gasteiger partial charge in [0.2, 0.25) is 0 Å². The van der Waals surface area contributed by atoms with Crippen molar-refractivity contribution in [3.63, 3.8) is 0 Å². The first kappa shape index (κ1) is 14.8. The minimum Gasteiger partial charge on any atom is -0.260 e. The molecule has 2 rings (SSSR count). The summed E-state index contributed by atoms with van der Waals surface area (Å²) >= 11 is 0. The molecule has 0 aromatic heterocycles. The van der Waals surface area contributed by atoms with Crippen LogP contribution in [-0.4, -0.2) is 20.9 Å². The van der Waals surface area contributed by atoms with Crippen molar-refractivity contribution in [1.29, 1.82) is 0 Å². The third kappa shape index (κ3) is 5.38. The Hall–Kier alpha value is -1.26. The zero-order chi connectivity index (χ0) is 13.4. The van der Waals surface area contributed by atoms with E-state index in [2.05, 4.69) is 0 Å². The average molecular weight is 280 g/mol. The molecular formula is C14H16O2S2. The van der Waals surface area contributed by atoms with Crippen LogP contribution < -0.4 is 0 Å². The SMILES string of the molecule is CS(C)=O.O=S(c1ccccc1)c1ccccc1. The molecule has 0 spiro atoms. The highest BCUT2D eigenvalue weighted by atomic mass is 32.2. The van der Waals surface area contributed by atoms with Gasteiger partial charge in [0.15, 0.2) is 0 Å². The van der Waals surface area contributed by atoms with Crippen molar-refractivity contribution in [2.45, 2.75) is 9.79 Å². The summed E-state index contributed by atoms with van der Waals surface area (Å²) in [6.07, 6.45) is 3.28. The second-order valence-electron chi connectivity index (χ2n) is 3.64. The van der Waals surface area contributed by atoms with E-state index in [0.29, 0.717) is 0 Å². The zero-order valence-corrected chi connectivity index (χ0v) is 12.0. The predicted octanol–water partition coefficient (Wildman–Crippen LogP) is 2.85. The van der Waals surface area contributed by atoms with Gasteiger partial charge in [0.25, 0.3) is 0 Å². The number of rotatable bonds is 2. The highest BCUT2D eigenvalue weighted by Gasteiger charge is 2.04. The van der Waals surface area contributed by atoms with Gasteiger partial charge in [-0.25, -0.2) is 4.21 Å². The van der Waals surface area contributed by atoms with Gasteiger partial charge in [-0.05, 0) is 24.3 Å². The van der Waals surface area contributed by atoms with E-state index < -0.39 is 21.6 Å². The lowest BCUT2D eigenvalue weighted by Crippen LogP contribution is -1.91. The Morgan fingerprint density at radius 3 is 1.22 bits per heavy atom. The molecule has 0 saturated carbocycles. The summed E-state index contributed by atoms with van der Waals surface area (Å²) in [6.45, 7) is 0. The van der Waals surface area contributed by atoms with Crippen LogP contribution in [0.4, 0.5) is 0 Å². The van der Waals surface area contributed by atoms with Crippen molar-refractivity contribution in [3.05, 3.63) is 60.7 Å².